The summed E-state index contributed by atoms with van der Waals surface area (Å²) < 4.78 is 2.65. The molecular formula is C13H13BrN6. The molecule has 0 aliphatic heterocycles. The van der Waals surface area contributed by atoms with Gasteiger partial charge in [-0.2, -0.15) is 9.78 Å². The van der Waals surface area contributed by atoms with E-state index in [-0.39, 0.29) is 0 Å². The van der Waals surface area contributed by atoms with Crippen molar-refractivity contribution < 1.29 is 0 Å². The zero-order chi connectivity index (χ0) is 14.1. The SMILES string of the molecule is CCNc1nc(C)nc2c1cnn2-c1ccc(Br)cn1. The zero-order valence-electron chi connectivity index (χ0n) is 11.1. The van der Waals surface area contributed by atoms with Crippen molar-refractivity contribution in [1.82, 2.24) is 24.7 Å². The summed E-state index contributed by atoms with van der Waals surface area (Å²) in [4.78, 5) is 13.2. The van der Waals surface area contributed by atoms with E-state index in [9.17, 15) is 0 Å². The molecule has 0 aromatic carbocycles. The Morgan fingerprint density at radius 3 is 2.80 bits per heavy atom. The summed E-state index contributed by atoms with van der Waals surface area (Å²) in [7, 11) is 0. The molecule has 0 unspecified atom stereocenters. The maximum Gasteiger partial charge on any atom is 0.170 e. The standard InChI is InChI=1S/C13H13BrN6/c1-3-15-12-10-7-17-20(13(10)19-8(2)18-12)11-5-4-9(14)6-16-11/h4-7H,3H2,1-2H3,(H,15,18,19). The number of aryl methyl sites for hydroxylation is 1. The highest BCUT2D eigenvalue weighted by Crippen LogP contribution is 2.22. The third-order valence-electron chi connectivity index (χ3n) is 2.81. The maximum atomic E-state index is 4.47. The molecule has 3 aromatic heterocycles. The Kier molecular flexibility index (Phi) is 3.35. The summed E-state index contributed by atoms with van der Waals surface area (Å²) >= 11 is 3.37. The average molecular weight is 333 g/mol. The Balaban J connectivity index is 2.20. The Bertz CT molecular complexity index is 749. The summed E-state index contributed by atoms with van der Waals surface area (Å²) in [6, 6.07) is 3.82. The van der Waals surface area contributed by atoms with Gasteiger partial charge in [-0.05, 0) is 41.9 Å². The molecule has 0 atom stereocenters. The van der Waals surface area contributed by atoms with E-state index in [2.05, 4.69) is 41.3 Å². The van der Waals surface area contributed by atoms with Crippen LogP contribution in [-0.2, 0) is 0 Å². The fourth-order valence-corrected chi connectivity index (χ4v) is 2.21. The first-order valence-electron chi connectivity index (χ1n) is 6.27. The lowest BCUT2D eigenvalue weighted by Gasteiger charge is -2.06. The highest BCUT2D eigenvalue weighted by atomic mass is 79.9. The van der Waals surface area contributed by atoms with Crippen LogP contribution in [0.4, 0.5) is 5.82 Å². The van der Waals surface area contributed by atoms with Crippen molar-refractivity contribution in [2.75, 3.05) is 11.9 Å². The second-order valence-electron chi connectivity index (χ2n) is 4.28. The summed E-state index contributed by atoms with van der Waals surface area (Å²) in [6.07, 6.45) is 3.50. The van der Waals surface area contributed by atoms with Crippen LogP contribution >= 0.6 is 15.9 Å². The number of anilines is 1. The highest BCUT2D eigenvalue weighted by molar-refractivity contribution is 9.10. The first-order chi connectivity index (χ1) is 9.69. The lowest BCUT2D eigenvalue weighted by molar-refractivity contribution is 0.857. The number of hydrogen-bond donors (Lipinski definition) is 1. The molecule has 0 spiro atoms. The molecule has 0 aliphatic rings. The maximum absolute atomic E-state index is 4.47. The molecular weight excluding hydrogens is 320 g/mol. The Labute approximate surface area is 124 Å². The second kappa shape index (κ2) is 5.16. The number of hydrogen-bond acceptors (Lipinski definition) is 5. The molecule has 0 saturated heterocycles. The minimum absolute atomic E-state index is 0.701. The van der Waals surface area contributed by atoms with Crippen LogP contribution in [0.1, 0.15) is 12.7 Å². The molecule has 3 rings (SSSR count). The number of nitrogens with one attached hydrogen (secondary N) is 1. The van der Waals surface area contributed by atoms with Gasteiger partial charge in [0.1, 0.15) is 11.6 Å². The van der Waals surface area contributed by atoms with Crippen LogP contribution in [-0.4, -0.2) is 31.3 Å². The van der Waals surface area contributed by atoms with Gasteiger partial charge < -0.3 is 5.32 Å². The average Bonchev–Trinajstić information content (AvgIpc) is 2.84. The second-order valence-corrected chi connectivity index (χ2v) is 5.19. The number of aromatic nitrogens is 5. The fraction of sp³-hybridized carbons (Fsp3) is 0.231. The van der Waals surface area contributed by atoms with Gasteiger partial charge in [0.05, 0.1) is 11.6 Å². The topological polar surface area (TPSA) is 68.5 Å². The van der Waals surface area contributed by atoms with E-state index in [0.717, 1.165) is 33.7 Å². The normalized spacial score (nSPS) is 10.9. The van der Waals surface area contributed by atoms with Crippen molar-refractivity contribution in [2.24, 2.45) is 0 Å². The number of halogens is 1. The molecule has 0 bridgehead atoms. The van der Waals surface area contributed by atoms with E-state index in [1.54, 1.807) is 17.1 Å². The van der Waals surface area contributed by atoms with E-state index >= 15 is 0 Å². The smallest absolute Gasteiger partial charge is 0.170 e. The van der Waals surface area contributed by atoms with Crippen LogP contribution in [0, 0.1) is 6.92 Å². The van der Waals surface area contributed by atoms with E-state index < -0.39 is 0 Å². The number of pyridine rings is 1. The molecule has 1 N–H and O–H groups in total. The Morgan fingerprint density at radius 1 is 1.25 bits per heavy atom. The summed E-state index contributed by atoms with van der Waals surface area (Å²) in [5, 5.41) is 8.50. The minimum Gasteiger partial charge on any atom is -0.370 e. The van der Waals surface area contributed by atoms with Crippen molar-refractivity contribution in [3.63, 3.8) is 0 Å². The van der Waals surface area contributed by atoms with Crippen molar-refractivity contribution in [3.05, 3.63) is 34.8 Å². The van der Waals surface area contributed by atoms with Crippen molar-refractivity contribution in [1.29, 1.82) is 0 Å². The van der Waals surface area contributed by atoms with Crippen LogP contribution < -0.4 is 5.32 Å². The van der Waals surface area contributed by atoms with Gasteiger partial charge in [0.15, 0.2) is 11.5 Å². The van der Waals surface area contributed by atoms with E-state index in [1.165, 1.54) is 0 Å². The third kappa shape index (κ3) is 2.24. The predicted molar refractivity (Wildman–Crippen MR) is 81.1 cm³/mol. The van der Waals surface area contributed by atoms with Crippen molar-refractivity contribution in [2.45, 2.75) is 13.8 Å². The monoisotopic (exact) mass is 332 g/mol. The van der Waals surface area contributed by atoms with Crippen LogP contribution in [0.5, 0.6) is 0 Å². The van der Waals surface area contributed by atoms with E-state index in [4.69, 9.17) is 0 Å². The van der Waals surface area contributed by atoms with Crippen LogP contribution in [0.15, 0.2) is 29.0 Å². The molecule has 3 heterocycles. The molecule has 102 valence electrons. The quantitative estimate of drug-likeness (QED) is 0.798. The van der Waals surface area contributed by atoms with Crippen LogP contribution in [0.3, 0.4) is 0 Å². The molecule has 20 heavy (non-hydrogen) atoms. The summed E-state index contributed by atoms with van der Waals surface area (Å²) in [5.74, 6) is 2.23. The molecule has 0 radical (unpaired) electrons. The first-order valence-corrected chi connectivity index (χ1v) is 7.06. The molecule has 6 nitrogen and oxygen atoms in total. The summed E-state index contributed by atoms with van der Waals surface area (Å²) in [6.45, 7) is 4.70. The van der Waals surface area contributed by atoms with Gasteiger partial charge in [0.2, 0.25) is 0 Å². The Morgan fingerprint density at radius 2 is 2.10 bits per heavy atom. The molecule has 7 heteroatoms. The van der Waals surface area contributed by atoms with E-state index in [0.29, 0.717) is 5.82 Å². The van der Waals surface area contributed by atoms with Gasteiger partial charge in [-0.15, -0.1) is 0 Å². The Hall–Kier alpha value is -2.02. The van der Waals surface area contributed by atoms with Gasteiger partial charge in [-0.3, -0.25) is 0 Å². The fourth-order valence-electron chi connectivity index (χ4n) is 1.98. The number of rotatable bonds is 3. The van der Waals surface area contributed by atoms with Crippen molar-refractivity contribution >= 4 is 32.8 Å². The zero-order valence-corrected chi connectivity index (χ0v) is 12.7. The number of fused-ring (bicyclic) bond motifs is 1. The van der Waals surface area contributed by atoms with Crippen molar-refractivity contribution in [3.8, 4) is 5.82 Å². The van der Waals surface area contributed by atoms with Gasteiger partial charge in [0, 0.05) is 17.2 Å². The highest BCUT2D eigenvalue weighted by Gasteiger charge is 2.12. The lowest BCUT2D eigenvalue weighted by atomic mass is 10.3. The largest absolute Gasteiger partial charge is 0.370 e. The molecule has 3 aromatic rings. The van der Waals surface area contributed by atoms with Crippen LogP contribution in [0.25, 0.3) is 16.9 Å². The van der Waals surface area contributed by atoms with Gasteiger partial charge in [-0.25, -0.2) is 15.0 Å². The molecule has 0 saturated carbocycles. The van der Waals surface area contributed by atoms with Gasteiger partial charge >= 0.3 is 0 Å². The van der Waals surface area contributed by atoms with E-state index in [1.807, 2.05) is 26.0 Å². The number of nitrogens with zero attached hydrogens (tertiary/aromatic N) is 5. The third-order valence-corrected chi connectivity index (χ3v) is 3.28. The molecule has 0 aliphatic carbocycles. The predicted octanol–water partition coefficient (Wildman–Crippen LogP) is 2.71. The first kappa shape index (κ1) is 13.0. The summed E-state index contributed by atoms with van der Waals surface area (Å²) in [5.41, 5.74) is 0.753. The van der Waals surface area contributed by atoms with Gasteiger partial charge in [0.25, 0.3) is 0 Å². The minimum atomic E-state index is 0.701. The molecule has 0 amide bonds. The van der Waals surface area contributed by atoms with Gasteiger partial charge in [-0.1, -0.05) is 0 Å². The van der Waals surface area contributed by atoms with Crippen LogP contribution in [0.2, 0.25) is 0 Å². The lowest BCUT2D eigenvalue weighted by Crippen LogP contribution is -2.05. The molecule has 0 fully saturated rings.